The van der Waals surface area contributed by atoms with Gasteiger partial charge >= 0.3 is 5.97 Å². The first-order valence-electron chi connectivity index (χ1n) is 9.76. The van der Waals surface area contributed by atoms with Crippen LogP contribution in [-0.2, 0) is 22.7 Å². The van der Waals surface area contributed by atoms with E-state index >= 15 is 0 Å². The molecule has 1 amide bonds. The minimum atomic E-state index is -1.24. The SMILES string of the molecule is O=C(N[C@@H](CO)C(=O)OCc1ccccc1)c1cc(Cl)c(OCc2ccccc2)c(Cl)c1. The van der Waals surface area contributed by atoms with Crippen molar-refractivity contribution in [2.75, 3.05) is 6.61 Å². The summed E-state index contributed by atoms with van der Waals surface area (Å²) in [4.78, 5) is 24.9. The van der Waals surface area contributed by atoms with E-state index in [0.29, 0.717) is 0 Å². The molecule has 2 N–H and O–H groups in total. The Kier molecular flexibility index (Phi) is 8.50. The Morgan fingerprint density at radius 3 is 1.94 bits per heavy atom. The second kappa shape index (κ2) is 11.5. The fraction of sp³-hybridized carbons (Fsp3) is 0.167. The first-order chi connectivity index (χ1) is 15.5. The van der Waals surface area contributed by atoms with Crippen LogP contribution < -0.4 is 10.1 Å². The number of hydrogen-bond acceptors (Lipinski definition) is 5. The van der Waals surface area contributed by atoms with Crippen molar-refractivity contribution >= 4 is 35.1 Å². The van der Waals surface area contributed by atoms with Crippen LogP contribution in [0.25, 0.3) is 0 Å². The van der Waals surface area contributed by atoms with E-state index in [2.05, 4.69) is 5.32 Å². The van der Waals surface area contributed by atoms with Gasteiger partial charge < -0.3 is 19.9 Å². The topological polar surface area (TPSA) is 84.9 Å². The van der Waals surface area contributed by atoms with Gasteiger partial charge in [0.15, 0.2) is 11.8 Å². The van der Waals surface area contributed by atoms with E-state index in [1.807, 2.05) is 48.5 Å². The molecule has 0 unspecified atom stereocenters. The number of hydrogen-bond donors (Lipinski definition) is 2. The summed E-state index contributed by atoms with van der Waals surface area (Å²) in [5.41, 5.74) is 1.83. The molecular formula is C24H21Cl2NO5. The average molecular weight is 474 g/mol. The van der Waals surface area contributed by atoms with Crippen molar-refractivity contribution in [1.29, 1.82) is 0 Å². The molecule has 6 nitrogen and oxygen atoms in total. The molecule has 3 aromatic rings. The minimum Gasteiger partial charge on any atom is -0.486 e. The maximum atomic E-state index is 12.6. The Balaban J connectivity index is 1.62. The summed E-state index contributed by atoms with van der Waals surface area (Å²) in [6.45, 7) is -0.345. The molecule has 0 bridgehead atoms. The van der Waals surface area contributed by atoms with Gasteiger partial charge in [-0.2, -0.15) is 0 Å². The van der Waals surface area contributed by atoms with E-state index in [1.165, 1.54) is 12.1 Å². The predicted molar refractivity (Wildman–Crippen MR) is 122 cm³/mol. The lowest BCUT2D eigenvalue weighted by atomic mass is 10.1. The smallest absolute Gasteiger partial charge is 0.331 e. The highest BCUT2D eigenvalue weighted by atomic mass is 35.5. The van der Waals surface area contributed by atoms with Crippen molar-refractivity contribution in [3.8, 4) is 5.75 Å². The molecule has 0 saturated heterocycles. The molecule has 8 heteroatoms. The molecule has 0 aromatic heterocycles. The van der Waals surface area contributed by atoms with E-state index in [0.717, 1.165) is 11.1 Å². The Morgan fingerprint density at radius 2 is 1.41 bits per heavy atom. The Labute approximate surface area is 195 Å². The molecule has 0 aliphatic rings. The van der Waals surface area contributed by atoms with Crippen LogP contribution in [0, 0.1) is 0 Å². The number of esters is 1. The maximum absolute atomic E-state index is 12.6. The fourth-order valence-electron chi connectivity index (χ4n) is 2.81. The number of nitrogens with one attached hydrogen (secondary N) is 1. The average Bonchev–Trinajstić information content (AvgIpc) is 2.81. The van der Waals surface area contributed by atoms with E-state index in [4.69, 9.17) is 32.7 Å². The first-order valence-corrected chi connectivity index (χ1v) is 10.5. The van der Waals surface area contributed by atoms with Gasteiger partial charge in [-0.15, -0.1) is 0 Å². The van der Waals surface area contributed by atoms with Crippen molar-refractivity contribution in [1.82, 2.24) is 5.32 Å². The number of amides is 1. The van der Waals surface area contributed by atoms with Gasteiger partial charge in [-0.1, -0.05) is 83.9 Å². The highest BCUT2D eigenvalue weighted by Gasteiger charge is 2.23. The van der Waals surface area contributed by atoms with Crippen molar-refractivity contribution in [3.05, 3.63) is 99.5 Å². The number of aliphatic hydroxyl groups is 1. The van der Waals surface area contributed by atoms with E-state index < -0.39 is 24.5 Å². The highest BCUT2D eigenvalue weighted by Crippen LogP contribution is 2.34. The molecule has 0 aliphatic carbocycles. The summed E-state index contributed by atoms with van der Waals surface area (Å²) in [7, 11) is 0. The number of rotatable bonds is 9. The van der Waals surface area contributed by atoms with Gasteiger partial charge in [0.2, 0.25) is 0 Å². The lowest BCUT2D eigenvalue weighted by Crippen LogP contribution is -2.44. The number of halogens is 2. The number of ether oxygens (including phenoxy) is 2. The molecule has 0 aliphatic heterocycles. The molecule has 166 valence electrons. The standard InChI is InChI=1S/C24H21Cl2NO5/c25-19-11-18(12-20(26)22(19)31-14-16-7-3-1-4-8-16)23(29)27-21(13-28)24(30)32-15-17-9-5-2-6-10-17/h1-12,21,28H,13-15H2,(H,27,29)/t21-/m0/s1. The summed E-state index contributed by atoms with van der Waals surface area (Å²) in [5, 5.41) is 12.3. The van der Waals surface area contributed by atoms with Gasteiger partial charge in [0.25, 0.3) is 5.91 Å². The minimum absolute atomic E-state index is 0.0250. The predicted octanol–water partition coefficient (Wildman–Crippen LogP) is 4.41. The Morgan fingerprint density at radius 1 is 0.875 bits per heavy atom. The maximum Gasteiger partial charge on any atom is 0.331 e. The summed E-state index contributed by atoms with van der Waals surface area (Å²) in [6, 6.07) is 20.1. The summed E-state index contributed by atoms with van der Waals surface area (Å²) >= 11 is 12.5. The molecular weight excluding hydrogens is 453 g/mol. The summed E-state index contributed by atoms with van der Waals surface area (Å²) < 4.78 is 10.9. The largest absolute Gasteiger partial charge is 0.486 e. The molecule has 0 heterocycles. The van der Waals surface area contributed by atoms with Crippen LogP contribution in [0.1, 0.15) is 21.5 Å². The van der Waals surface area contributed by atoms with Gasteiger partial charge in [-0.05, 0) is 23.3 Å². The molecule has 3 aromatic carbocycles. The normalized spacial score (nSPS) is 11.5. The number of carbonyl (C=O) groups excluding carboxylic acids is 2. The molecule has 32 heavy (non-hydrogen) atoms. The quantitative estimate of drug-likeness (QED) is 0.449. The lowest BCUT2D eigenvalue weighted by molar-refractivity contribution is -0.148. The van der Waals surface area contributed by atoms with Crippen molar-refractivity contribution in [2.45, 2.75) is 19.3 Å². The van der Waals surface area contributed by atoms with Gasteiger partial charge in [0.1, 0.15) is 13.2 Å². The third-order valence-electron chi connectivity index (χ3n) is 4.48. The third kappa shape index (κ3) is 6.47. The van der Waals surface area contributed by atoms with Crippen LogP contribution in [0.2, 0.25) is 10.0 Å². The van der Waals surface area contributed by atoms with Gasteiger partial charge in [0, 0.05) is 5.56 Å². The Hall–Kier alpha value is -3.06. The summed E-state index contributed by atoms with van der Waals surface area (Å²) in [6.07, 6.45) is 0. The van der Waals surface area contributed by atoms with Crippen LogP contribution in [-0.4, -0.2) is 29.6 Å². The van der Waals surface area contributed by atoms with E-state index in [1.54, 1.807) is 12.1 Å². The Bertz CT molecular complexity index is 1040. The summed E-state index contributed by atoms with van der Waals surface area (Å²) in [5.74, 6) is -1.15. The highest BCUT2D eigenvalue weighted by molar-refractivity contribution is 6.37. The van der Waals surface area contributed by atoms with Gasteiger partial charge in [0.05, 0.1) is 16.7 Å². The molecule has 0 fully saturated rings. The number of carbonyl (C=O) groups is 2. The number of benzene rings is 3. The molecule has 3 rings (SSSR count). The molecule has 0 radical (unpaired) electrons. The van der Waals surface area contributed by atoms with Crippen LogP contribution in [0.15, 0.2) is 72.8 Å². The van der Waals surface area contributed by atoms with Crippen molar-refractivity contribution in [2.24, 2.45) is 0 Å². The molecule has 1 atom stereocenters. The van der Waals surface area contributed by atoms with Crippen LogP contribution in [0.5, 0.6) is 5.75 Å². The zero-order chi connectivity index (χ0) is 22.9. The third-order valence-corrected chi connectivity index (χ3v) is 5.04. The van der Waals surface area contributed by atoms with Crippen LogP contribution in [0.3, 0.4) is 0 Å². The zero-order valence-corrected chi connectivity index (χ0v) is 18.5. The fourth-order valence-corrected chi connectivity index (χ4v) is 3.40. The van der Waals surface area contributed by atoms with Gasteiger partial charge in [-0.3, -0.25) is 4.79 Å². The van der Waals surface area contributed by atoms with Crippen molar-refractivity contribution in [3.63, 3.8) is 0 Å². The number of aliphatic hydroxyl groups excluding tert-OH is 1. The molecule has 0 saturated carbocycles. The monoisotopic (exact) mass is 473 g/mol. The first kappa shape index (κ1) is 23.6. The van der Waals surface area contributed by atoms with Crippen LogP contribution in [0.4, 0.5) is 0 Å². The van der Waals surface area contributed by atoms with E-state index in [-0.39, 0.29) is 34.6 Å². The van der Waals surface area contributed by atoms with E-state index in [9.17, 15) is 14.7 Å². The second-order valence-corrected chi connectivity index (χ2v) is 7.66. The molecule has 0 spiro atoms. The van der Waals surface area contributed by atoms with Crippen molar-refractivity contribution < 1.29 is 24.2 Å². The van der Waals surface area contributed by atoms with Gasteiger partial charge in [-0.25, -0.2) is 4.79 Å². The lowest BCUT2D eigenvalue weighted by Gasteiger charge is -2.16. The van der Waals surface area contributed by atoms with Crippen LogP contribution >= 0.6 is 23.2 Å². The second-order valence-electron chi connectivity index (χ2n) is 6.85. The zero-order valence-electron chi connectivity index (χ0n) is 17.0.